The first kappa shape index (κ1) is 7.32. The zero-order valence-electron chi connectivity index (χ0n) is 6.70. The predicted octanol–water partition coefficient (Wildman–Crippen LogP) is 0.441. The molecule has 1 aromatic rings. The van der Waals surface area contributed by atoms with Crippen LogP contribution in [0.4, 0.5) is 0 Å². The second-order valence-electron chi connectivity index (χ2n) is 2.94. The van der Waals surface area contributed by atoms with Crippen molar-refractivity contribution in [2.24, 2.45) is 0 Å². The number of nitrogens with one attached hydrogen (secondary N) is 1. The Morgan fingerprint density at radius 2 is 2.75 bits per heavy atom. The van der Waals surface area contributed by atoms with Crippen molar-refractivity contribution in [1.29, 1.82) is 5.26 Å². The standard InChI is InChI=1S/C8H10N4/c9-2-1-7-3-10-4-8-5-11-6-12(7)8/h5-7,10H,1,3-4H2. The van der Waals surface area contributed by atoms with Gasteiger partial charge in [0, 0.05) is 19.3 Å². The van der Waals surface area contributed by atoms with E-state index in [0.29, 0.717) is 6.42 Å². The molecular weight excluding hydrogens is 152 g/mol. The van der Waals surface area contributed by atoms with Crippen LogP contribution in [0, 0.1) is 11.3 Å². The summed E-state index contributed by atoms with van der Waals surface area (Å²) < 4.78 is 2.08. The highest BCUT2D eigenvalue weighted by Crippen LogP contribution is 2.16. The number of fused-ring (bicyclic) bond motifs is 1. The maximum absolute atomic E-state index is 8.57. The van der Waals surface area contributed by atoms with Crippen LogP contribution in [0.3, 0.4) is 0 Å². The lowest BCUT2D eigenvalue weighted by atomic mass is 10.1. The van der Waals surface area contributed by atoms with E-state index in [4.69, 9.17) is 5.26 Å². The van der Waals surface area contributed by atoms with Gasteiger partial charge in [-0.2, -0.15) is 5.26 Å². The van der Waals surface area contributed by atoms with Gasteiger partial charge in [0.1, 0.15) is 0 Å². The van der Waals surface area contributed by atoms with Crippen molar-refractivity contribution in [1.82, 2.24) is 14.9 Å². The van der Waals surface area contributed by atoms with Crippen molar-refractivity contribution < 1.29 is 0 Å². The molecule has 12 heavy (non-hydrogen) atoms. The first-order chi connectivity index (χ1) is 5.92. The molecule has 0 saturated heterocycles. The third-order valence-corrected chi connectivity index (χ3v) is 2.15. The summed E-state index contributed by atoms with van der Waals surface area (Å²) >= 11 is 0. The number of imidazole rings is 1. The monoisotopic (exact) mass is 162 g/mol. The Morgan fingerprint density at radius 3 is 3.58 bits per heavy atom. The second kappa shape index (κ2) is 2.95. The predicted molar refractivity (Wildman–Crippen MR) is 43.2 cm³/mol. The molecule has 2 rings (SSSR count). The molecule has 0 fully saturated rings. The number of hydrogen-bond donors (Lipinski definition) is 1. The van der Waals surface area contributed by atoms with E-state index < -0.39 is 0 Å². The van der Waals surface area contributed by atoms with E-state index in [2.05, 4.69) is 20.9 Å². The van der Waals surface area contributed by atoms with Crippen LogP contribution < -0.4 is 5.32 Å². The van der Waals surface area contributed by atoms with Gasteiger partial charge in [0.2, 0.25) is 0 Å². The molecule has 1 aliphatic rings. The fourth-order valence-corrected chi connectivity index (χ4v) is 1.54. The molecule has 0 radical (unpaired) electrons. The second-order valence-corrected chi connectivity index (χ2v) is 2.94. The Hall–Kier alpha value is -1.34. The highest BCUT2D eigenvalue weighted by Gasteiger charge is 2.17. The van der Waals surface area contributed by atoms with E-state index in [1.165, 1.54) is 5.69 Å². The smallest absolute Gasteiger partial charge is 0.0952 e. The van der Waals surface area contributed by atoms with E-state index >= 15 is 0 Å². The number of nitrogens with zero attached hydrogens (tertiary/aromatic N) is 3. The molecule has 2 heterocycles. The van der Waals surface area contributed by atoms with E-state index in [1.807, 2.05) is 6.20 Å². The third-order valence-electron chi connectivity index (χ3n) is 2.15. The van der Waals surface area contributed by atoms with Crippen LogP contribution in [0.5, 0.6) is 0 Å². The van der Waals surface area contributed by atoms with Crippen LogP contribution in [0.25, 0.3) is 0 Å². The van der Waals surface area contributed by atoms with Crippen molar-refractivity contribution in [2.75, 3.05) is 6.54 Å². The molecule has 4 heteroatoms. The van der Waals surface area contributed by atoms with Gasteiger partial charge in [0.15, 0.2) is 0 Å². The summed E-state index contributed by atoms with van der Waals surface area (Å²) in [4.78, 5) is 4.05. The molecule has 0 saturated carbocycles. The van der Waals surface area contributed by atoms with Crippen LogP contribution in [-0.4, -0.2) is 16.1 Å². The zero-order valence-corrected chi connectivity index (χ0v) is 6.70. The number of aromatic nitrogens is 2. The van der Waals surface area contributed by atoms with Crippen LogP contribution >= 0.6 is 0 Å². The van der Waals surface area contributed by atoms with E-state index in [9.17, 15) is 0 Å². The quantitative estimate of drug-likeness (QED) is 0.652. The first-order valence-electron chi connectivity index (χ1n) is 4.00. The minimum absolute atomic E-state index is 0.265. The summed E-state index contributed by atoms with van der Waals surface area (Å²) in [5.41, 5.74) is 1.17. The Kier molecular flexibility index (Phi) is 1.80. The Bertz CT molecular complexity index is 309. The molecule has 1 N–H and O–H groups in total. The molecule has 4 nitrogen and oxygen atoms in total. The van der Waals surface area contributed by atoms with E-state index in [0.717, 1.165) is 13.1 Å². The molecule has 1 atom stereocenters. The Labute approximate surface area is 70.8 Å². The lowest BCUT2D eigenvalue weighted by Crippen LogP contribution is -2.32. The largest absolute Gasteiger partial charge is 0.328 e. The minimum atomic E-state index is 0.265. The van der Waals surface area contributed by atoms with Gasteiger partial charge in [-0.15, -0.1) is 0 Å². The molecule has 1 aromatic heterocycles. The number of hydrogen-bond acceptors (Lipinski definition) is 3. The van der Waals surface area contributed by atoms with Gasteiger partial charge in [-0.3, -0.25) is 0 Å². The minimum Gasteiger partial charge on any atom is -0.328 e. The topological polar surface area (TPSA) is 53.6 Å². The average Bonchev–Trinajstić information content (AvgIpc) is 2.53. The summed E-state index contributed by atoms with van der Waals surface area (Å²) in [6.07, 6.45) is 4.20. The lowest BCUT2D eigenvalue weighted by molar-refractivity contribution is 0.407. The van der Waals surface area contributed by atoms with Crippen molar-refractivity contribution in [2.45, 2.75) is 19.0 Å². The van der Waals surface area contributed by atoms with Gasteiger partial charge < -0.3 is 9.88 Å². The van der Waals surface area contributed by atoms with Crippen molar-refractivity contribution in [3.8, 4) is 6.07 Å². The van der Waals surface area contributed by atoms with E-state index in [1.54, 1.807) is 6.33 Å². The molecular formula is C8H10N4. The van der Waals surface area contributed by atoms with Crippen molar-refractivity contribution in [3.05, 3.63) is 18.2 Å². The lowest BCUT2D eigenvalue weighted by Gasteiger charge is -2.23. The van der Waals surface area contributed by atoms with Gasteiger partial charge >= 0.3 is 0 Å². The zero-order chi connectivity index (χ0) is 8.39. The van der Waals surface area contributed by atoms with Gasteiger partial charge in [-0.25, -0.2) is 4.98 Å². The number of nitriles is 1. The number of rotatable bonds is 1. The SMILES string of the molecule is N#CCC1CNCc2cncn21. The fraction of sp³-hybridized carbons (Fsp3) is 0.500. The molecule has 0 amide bonds. The maximum Gasteiger partial charge on any atom is 0.0952 e. The molecule has 1 unspecified atom stereocenters. The third kappa shape index (κ3) is 1.08. The average molecular weight is 162 g/mol. The normalized spacial score (nSPS) is 21.4. The Morgan fingerprint density at radius 1 is 1.83 bits per heavy atom. The summed E-state index contributed by atoms with van der Waals surface area (Å²) in [6, 6.07) is 2.44. The molecule has 0 aromatic carbocycles. The molecule has 62 valence electrons. The molecule has 0 spiro atoms. The highest BCUT2D eigenvalue weighted by atomic mass is 15.1. The Balaban J connectivity index is 2.26. The van der Waals surface area contributed by atoms with Crippen molar-refractivity contribution >= 4 is 0 Å². The summed E-state index contributed by atoms with van der Waals surface area (Å²) in [5.74, 6) is 0. The van der Waals surface area contributed by atoms with Crippen LogP contribution in [0.2, 0.25) is 0 Å². The van der Waals surface area contributed by atoms with Crippen LogP contribution in [0.1, 0.15) is 18.2 Å². The highest BCUT2D eigenvalue weighted by molar-refractivity contribution is 5.04. The maximum atomic E-state index is 8.57. The van der Waals surface area contributed by atoms with E-state index in [-0.39, 0.29) is 6.04 Å². The van der Waals surface area contributed by atoms with Crippen LogP contribution in [0.15, 0.2) is 12.5 Å². The summed E-state index contributed by atoms with van der Waals surface area (Å²) in [5, 5.41) is 11.8. The van der Waals surface area contributed by atoms with Crippen LogP contribution in [-0.2, 0) is 6.54 Å². The first-order valence-corrected chi connectivity index (χ1v) is 4.00. The van der Waals surface area contributed by atoms with Gasteiger partial charge in [-0.1, -0.05) is 0 Å². The van der Waals surface area contributed by atoms with Gasteiger partial charge in [0.25, 0.3) is 0 Å². The molecule has 0 bridgehead atoms. The summed E-state index contributed by atoms with van der Waals surface area (Å²) in [7, 11) is 0. The summed E-state index contributed by atoms with van der Waals surface area (Å²) in [6.45, 7) is 1.73. The van der Waals surface area contributed by atoms with Crippen molar-refractivity contribution in [3.63, 3.8) is 0 Å². The van der Waals surface area contributed by atoms with Gasteiger partial charge in [0.05, 0.1) is 30.6 Å². The molecule has 1 aliphatic heterocycles. The fourth-order valence-electron chi connectivity index (χ4n) is 1.54. The molecule has 0 aliphatic carbocycles. The van der Waals surface area contributed by atoms with Gasteiger partial charge in [-0.05, 0) is 0 Å².